The highest BCUT2D eigenvalue weighted by atomic mass is 35.5. The van der Waals surface area contributed by atoms with E-state index in [-0.39, 0.29) is 30.5 Å². The van der Waals surface area contributed by atoms with Crippen LogP contribution in [0.1, 0.15) is 6.92 Å². The molecule has 0 fully saturated rings. The molecule has 0 aliphatic rings. The van der Waals surface area contributed by atoms with Gasteiger partial charge in [-0.2, -0.15) is 0 Å². The first-order valence-corrected chi connectivity index (χ1v) is 8.10. The summed E-state index contributed by atoms with van der Waals surface area (Å²) >= 11 is 5.89. The number of amides is 1. The van der Waals surface area contributed by atoms with Gasteiger partial charge in [0.15, 0.2) is 9.84 Å². The van der Waals surface area contributed by atoms with Gasteiger partial charge in [0, 0.05) is 12.3 Å². The van der Waals surface area contributed by atoms with Crippen molar-refractivity contribution in [2.75, 3.05) is 29.9 Å². The Kier molecular flexibility index (Phi) is 6.27. The average Bonchev–Trinajstić information content (AvgIpc) is 2.38. The fourth-order valence-electron chi connectivity index (χ4n) is 1.33. The predicted octanol–water partition coefficient (Wildman–Crippen LogP) is 1.30. The Hall–Kier alpha value is -1.11. The number of sulfone groups is 1. The van der Waals surface area contributed by atoms with E-state index in [0.29, 0.717) is 10.7 Å². The van der Waals surface area contributed by atoms with Gasteiger partial charge in [-0.25, -0.2) is 8.42 Å². The molecule has 0 unspecified atom stereocenters. The van der Waals surface area contributed by atoms with E-state index in [2.05, 4.69) is 10.6 Å². The third-order valence-electron chi connectivity index (χ3n) is 2.46. The minimum absolute atomic E-state index is 0.0306. The molecule has 0 heterocycles. The molecule has 7 heteroatoms. The second-order valence-corrected chi connectivity index (χ2v) is 6.82. The molecule has 0 atom stereocenters. The quantitative estimate of drug-likeness (QED) is 0.745. The lowest BCUT2D eigenvalue weighted by Crippen LogP contribution is -2.32. The fraction of sp³-hybridized carbons (Fsp3) is 0.417. The van der Waals surface area contributed by atoms with Crippen LogP contribution < -0.4 is 10.6 Å². The van der Waals surface area contributed by atoms with E-state index in [0.717, 1.165) is 0 Å². The zero-order valence-electron chi connectivity index (χ0n) is 10.6. The number of carbonyl (C=O) groups is 1. The fourth-order valence-corrected chi connectivity index (χ4v) is 2.26. The van der Waals surface area contributed by atoms with Crippen LogP contribution in [-0.2, 0) is 14.6 Å². The molecule has 1 amide bonds. The third-order valence-corrected chi connectivity index (χ3v) is 4.50. The number of benzene rings is 1. The summed E-state index contributed by atoms with van der Waals surface area (Å²) in [5.41, 5.74) is 0.539. The van der Waals surface area contributed by atoms with Crippen molar-refractivity contribution in [3.63, 3.8) is 0 Å². The number of rotatable bonds is 7. The molecule has 106 valence electrons. The van der Waals surface area contributed by atoms with E-state index >= 15 is 0 Å². The Labute approximate surface area is 118 Å². The van der Waals surface area contributed by atoms with E-state index in [9.17, 15) is 13.2 Å². The average molecular weight is 305 g/mol. The Morgan fingerprint density at radius 2 is 2.00 bits per heavy atom. The highest BCUT2D eigenvalue weighted by Crippen LogP contribution is 2.19. The third kappa shape index (κ3) is 6.04. The molecule has 1 rings (SSSR count). The SMILES string of the molecule is CCS(=O)(=O)CCNCC(=O)Nc1ccccc1Cl. The lowest BCUT2D eigenvalue weighted by Gasteiger charge is -2.08. The molecule has 5 nitrogen and oxygen atoms in total. The first kappa shape index (κ1) is 15.9. The van der Waals surface area contributed by atoms with Crippen molar-refractivity contribution in [2.24, 2.45) is 0 Å². The maximum absolute atomic E-state index is 11.6. The molecule has 0 radical (unpaired) electrons. The number of anilines is 1. The van der Waals surface area contributed by atoms with Crippen molar-refractivity contribution in [1.29, 1.82) is 0 Å². The summed E-state index contributed by atoms with van der Waals surface area (Å²) < 4.78 is 22.4. The predicted molar refractivity (Wildman–Crippen MR) is 77.3 cm³/mol. The van der Waals surface area contributed by atoms with Crippen molar-refractivity contribution in [3.05, 3.63) is 29.3 Å². The van der Waals surface area contributed by atoms with Crippen LogP contribution >= 0.6 is 11.6 Å². The van der Waals surface area contributed by atoms with Crippen LogP contribution in [0.2, 0.25) is 5.02 Å². The highest BCUT2D eigenvalue weighted by Gasteiger charge is 2.08. The number of hydrogen-bond acceptors (Lipinski definition) is 4. The monoisotopic (exact) mass is 304 g/mol. The normalized spacial score (nSPS) is 11.3. The van der Waals surface area contributed by atoms with Gasteiger partial charge >= 0.3 is 0 Å². The minimum Gasteiger partial charge on any atom is -0.324 e. The Morgan fingerprint density at radius 1 is 1.32 bits per heavy atom. The van der Waals surface area contributed by atoms with Gasteiger partial charge in [-0.05, 0) is 12.1 Å². The summed E-state index contributed by atoms with van der Waals surface area (Å²) in [6, 6.07) is 6.91. The van der Waals surface area contributed by atoms with E-state index < -0.39 is 9.84 Å². The van der Waals surface area contributed by atoms with Gasteiger partial charge in [0.25, 0.3) is 0 Å². The van der Waals surface area contributed by atoms with E-state index in [1.54, 1.807) is 31.2 Å². The molecule has 0 aliphatic carbocycles. The number of hydrogen-bond donors (Lipinski definition) is 2. The van der Waals surface area contributed by atoms with Crippen molar-refractivity contribution < 1.29 is 13.2 Å². The summed E-state index contributed by atoms with van der Waals surface area (Å²) in [5, 5.41) is 5.88. The van der Waals surface area contributed by atoms with Crippen LogP contribution in [0.3, 0.4) is 0 Å². The molecular weight excluding hydrogens is 288 g/mol. The first-order chi connectivity index (χ1) is 8.94. The Morgan fingerprint density at radius 3 is 2.63 bits per heavy atom. The number of halogens is 1. The van der Waals surface area contributed by atoms with Crippen molar-refractivity contribution >= 4 is 33.0 Å². The summed E-state index contributed by atoms with van der Waals surface area (Å²) in [5.74, 6) is -0.120. The van der Waals surface area contributed by atoms with Crippen LogP contribution in [0.5, 0.6) is 0 Å². The van der Waals surface area contributed by atoms with Crippen LogP contribution in [0.25, 0.3) is 0 Å². The molecule has 0 aliphatic heterocycles. The van der Waals surface area contributed by atoms with Crippen LogP contribution in [0.15, 0.2) is 24.3 Å². The van der Waals surface area contributed by atoms with Crippen molar-refractivity contribution in [1.82, 2.24) is 5.32 Å². The largest absolute Gasteiger partial charge is 0.324 e. The molecule has 2 N–H and O–H groups in total. The van der Waals surface area contributed by atoms with Gasteiger partial charge in [-0.3, -0.25) is 4.79 Å². The summed E-state index contributed by atoms with van der Waals surface area (Å²) in [4.78, 5) is 11.6. The number of para-hydroxylation sites is 1. The highest BCUT2D eigenvalue weighted by molar-refractivity contribution is 7.91. The van der Waals surface area contributed by atoms with Gasteiger partial charge in [0.1, 0.15) is 0 Å². The molecule has 0 saturated heterocycles. The Balaban J connectivity index is 2.31. The van der Waals surface area contributed by atoms with Crippen molar-refractivity contribution in [3.8, 4) is 0 Å². The Bertz CT molecular complexity index is 532. The summed E-state index contributed by atoms with van der Waals surface area (Å²) in [6.45, 7) is 1.90. The molecule has 0 spiro atoms. The zero-order valence-corrected chi connectivity index (χ0v) is 12.2. The summed E-state index contributed by atoms with van der Waals surface area (Å²) in [6.07, 6.45) is 0. The van der Waals surface area contributed by atoms with Crippen LogP contribution in [0.4, 0.5) is 5.69 Å². The summed E-state index contributed by atoms with van der Waals surface area (Å²) in [7, 11) is -3.00. The molecule has 0 bridgehead atoms. The lowest BCUT2D eigenvalue weighted by molar-refractivity contribution is -0.115. The van der Waals surface area contributed by atoms with E-state index in [1.165, 1.54) is 0 Å². The molecular formula is C12H17ClN2O3S. The maximum atomic E-state index is 11.6. The van der Waals surface area contributed by atoms with Gasteiger partial charge in [0.2, 0.25) is 5.91 Å². The van der Waals surface area contributed by atoms with Crippen LogP contribution in [-0.4, -0.2) is 38.9 Å². The van der Waals surface area contributed by atoms with Crippen molar-refractivity contribution in [2.45, 2.75) is 6.92 Å². The maximum Gasteiger partial charge on any atom is 0.238 e. The smallest absolute Gasteiger partial charge is 0.238 e. The first-order valence-electron chi connectivity index (χ1n) is 5.90. The number of carbonyl (C=O) groups excluding carboxylic acids is 1. The number of nitrogens with one attached hydrogen (secondary N) is 2. The topological polar surface area (TPSA) is 75.3 Å². The van der Waals surface area contributed by atoms with E-state index in [4.69, 9.17) is 11.6 Å². The second kappa shape index (κ2) is 7.47. The lowest BCUT2D eigenvalue weighted by atomic mass is 10.3. The van der Waals surface area contributed by atoms with Gasteiger partial charge in [-0.15, -0.1) is 0 Å². The zero-order chi connectivity index (χ0) is 14.3. The second-order valence-electron chi connectivity index (χ2n) is 3.94. The molecule has 0 aromatic heterocycles. The minimum atomic E-state index is -3.00. The molecule has 1 aromatic carbocycles. The van der Waals surface area contributed by atoms with Gasteiger partial charge in [0.05, 0.1) is 23.0 Å². The van der Waals surface area contributed by atoms with Crippen LogP contribution in [0, 0.1) is 0 Å². The molecule has 1 aromatic rings. The molecule has 0 saturated carbocycles. The standard InChI is InChI=1S/C12H17ClN2O3S/c1-2-19(17,18)8-7-14-9-12(16)15-11-6-4-3-5-10(11)13/h3-6,14H,2,7-9H2,1H3,(H,15,16). The van der Waals surface area contributed by atoms with Gasteiger partial charge in [-0.1, -0.05) is 30.7 Å². The van der Waals surface area contributed by atoms with E-state index in [1.807, 2.05) is 0 Å². The molecule has 19 heavy (non-hydrogen) atoms. The van der Waals surface area contributed by atoms with Gasteiger partial charge < -0.3 is 10.6 Å².